The summed E-state index contributed by atoms with van der Waals surface area (Å²) in [6.45, 7) is 2.33. The first-order valence-electron chi connectivity index (χ1n) is 11.6. The van der Waals surface area contributed by atoms with Gasteiger partial charge in [0.25, 0.3) is 0 Å². The fourth-order valence-corrected chi connectivity index (χ4v) is 4.86. The molecule has 0 radical (unpaired) electrons. The van der Waals surface area contributed by atoms with Gasteiger partial charge >= 0.3 is 0 Å². The first-order valence-corrected chi connectivity index (χ1v) is 11.9. The van der Waals surface area contributed by atoms with E-state index in [1.807, 2.05) is 6.07 Å². The molecule has 0 unspecified atom stereocenters. The molecule has 184 valence electrons. The van der Waals surface area contributed by atoms with Crippen molar-refractivity contribution >= 4 is 45.6 Å². The maximum atomic E-state index is 14.5. The Morgan fingerprint density at radius 2 is 2.22 bits per heavy atom. The van der Waals surface area contributed by atoms with Crippen molar-refractivity contribution in [3.63, 3.8) is 0 Å². The van der Waals surface area contributed by atoms with E-state index in [1.165, 1.54) is 18.5 Å². The van der Waals surface area contributed by atoms with Crippen LogP contribution in [0.1, 0.15) is 12.0 Å². The lowest BCUT2D eigenvalue weighted by Crippen LogP contribution is -2.19. The third-order valence-electron chi connectivity index (χ3n) is 6.53. The second-order valence-electron chi connectivity index (χ2n) is 9.21. The van der Waals surface area contributed by atoms with Crippen LogP contribution in [0.4, 0.5) is 21.6 Å². The second kappa shape index (κ2) is 9.86. The number of amides is 1. The van der Waals surface area contributed by atoms with Gasteiger partial charge in [0, 0.05) is 37.1 Å². The molecule has 0 bridgehead atoms. The Hall–Kier alpha value is -3.51. The van der Waals surface area contributed by atoms with Gasteiger partial charge in [-0.1, -0.05) is 35.6 Å². The van der Waals surface area contributed by atoms with Crippen molar-refractivity contribution in [1.82, 2.24) is 14.9 Å². The van der Waals surface area contributed by atoms with E-state index in [9.17, 15) is 9.18 Å². The molecule has 1 amide bonds. The van der Waals surface area contributed by atoms with E-state index in [-0.39, 0.29) is 22.0 Å². The average molecular weight is 506 g/mol. The fourth-order valence-electron chi connectivity index (χ4n) is 4.68. The summed E-state index contributed by atoms with van der Waals surface area (Å²) in [5.74, 6) is 6.86. The van der Waals surface area contributed by atoms with Crippen molar-refractivity contribution in [2.45, 2.75) is 6.42 Å². The second-order valence-corrected chi connectivity index (χ2v) is 9.62. The molecule has 1 aliphatic heterocycles. The molecule has 2 heterocycles. The predicted molar refractivity (Wildman–Crippen MR) is 139 cm³/mol. The van der Waals surface area contributed by atoms with E-state index in [1.54, 1.807) is 31.4 Å². The van der Waals surface area contributed by atoms with Crippen LogP contribution < -0.4 is 10.6 Å². The summed E-state index contributed by atoms with van der Waals surface area (Å²) in [6, 6.07) is 8.28. The van der Waals surface area contributed by atoms with Gasteiger partial charge in [-0.15, -0.1) is 0 Å². The topological polar surface area (TPSA) is 79.4 Å². The number of nitrogens with one attached hydrogen (secondary N) is 2. The van der Waals surface area contributed by atoms with Crippen LogP contribution in [0, 0.1) is 29.0 Å². The van der Waals surface area contributed by atoms with Gasteiger partial charge in [0.2, 0.25) is 5.91 Å². The number of benzene rings is 2. The molecule has 1 saturated carbocycles. The van der Waals surface area contributed by atoms with Gasteiger partial charge in [-0.25, -0.2) is 14.4 Å². The molecule has 2 aliphatic rings. The normalized spacial score (nSPS) is 20.7. The minimum Gasteiger partial charge on any atom is -0.381 e. The molecule has 2 atom stereocenters. The Labute approximate surface area is 213 Å². The zero-order chi connectivity index (χ0) is 25.3. The standard InChI is InChI=1S/C27H25ClFN5O2/c1-34-14-18-13-27(18,15-34)9-8-17-11-23-19(12-22(17)32-24(35)7-4-10-36-2)26(31-16-30-23)33-21-6-3-5-20(28)25(21)29/h3-7,11-12,16,18H,10,13-15H2,1-2H3,(H,32,35)(H,30,31,33)/b7-4+/t18-,27+/m1/s1. The van der Waals surface area contributed by atoms with Crippen LogP contribution in [0.2, 0.25) is 5.02 Å². The van der Waals surface area contributed by atoms with Crippen LogP contribution in [-0.2, 0) is 9.53 Å². The Morgan fingerprint density at radius 1 is 1.36 bits per heavy atom. The number of piperidine rings is 1. The quantitative estimate of drug-likeness (QED) is 0.376. The van der Waals surface area contributed by atoms with E-state index in [4.69, 9.17) is 16.3 Å². The van der Waals surface area contributed by atoms with Gasteiger partial charge in [0.05, 0.1) is 34.1 Å². The summed E-state index contributed by atoms with van der Waals surface area (Å²) >= 11 is 5.94. The summed E-state index contributed by atoms with van der Waals surface area (Å²) in [7, 11) is 3.67. The Balaban J connectivity index is 1.54. The van der Waals surface area contributed by atoms with Crippen molar-refractivity contribution in [2.24, 2.45) is 11.3 Å². The molecule has 3 aromatic rings. The van der Waals surface area contributed by atoms with Crippen LogP contribution in [-0.4, -0.2) is 54.6 Å². The fraction of sp³-hybridized carbons (Fsp3) is 0.296. The summed E-state index contributed by atoms with van der Waals surface area (Å²) in [5.41, 5.74) is 1.99. The molecule has 5 rings (SSSR count). The number of halogens is 2. The van der Waals surface area contributed by atoms with E-state index >= 15 is 0 Å². The zero-order valence-corrected chi connectivity index (χ0v) is 20.7. The molecular formula is C27H25ClFN5O2. The van der Waals surface area contributed by atoms with Crippen LogP contribution in [0.3, 0.4) is 0 Å². The number of anilines is 3. The molecule has 2 N–H and O–H groups in total. The number of carbonyl (C=O) groups excluding carboxylic acids is 1. The van der Waals surface area contributed by atoms with Gasteiger partial charge < -0.3 is 20.3 Å². The number of methoxy groups -OCH3 is 1. The van der Waals surface area contributed by atoms with Crippen molar-refractivity contribution in [3.05, 3.63) is 65.2 Å². The van der Waals surface area contributed by atoms with Crippen molar-refractivity contribution < 1.29 is 13.9 Å². The van der Waals surface area contributed by atoms with Crippen LogP contribution in [0.5, 0.6) is 0 Å². The minimum atomic E-state index is -0.579. The lowest BCUT2D eigenvalue weighted by atomic mass is 10.0. The van der Waals surface area contributed by atoms with E-state index < -0.39 is 5.82 Å². The number of hydrogen-bond donors (Lipinski definition) is 2. The number of nitrogens with zero attached hydrogens (tertiary/aromatic N) is 3. The molecule has 1 aliphatic carbocycles. The highest BCUT2D eigenvalue weighted by molar-refractivity contribution is 6.31. The first kappa shape index (κ1) is 24.2. The number of aromatic nitrogens is 2. The van der Waals surface area contributed by atoms with E-state index in [0.717, 1.165) is 19.5 Å². The number of hydrogen-bond acceptors (Lipinski definition) is 6. The highest BCUT2D eigenvalue weighted by atomic mass is 35.5. The highest BCUT2D eigenvalue weighted by Gasteiger charge is 2.58. The van der Waals surface area contributed by atoms with Crippen molar-refractivity contribution in [2.75, 3.05) is 44.5 Å². The maximum Gasteiger partial charge on any atom is 0.248 e. The van der Waals surface area contributed by atoms with E-state index in [2.05, 4.69) is 44.4 Å². The van der Waals surface area contributed by atoms with Crippen LogP contribution in [0.15, 0.2) is 48.8 Å². The SMILES string of the molecule is COC/C=C/C(=O)Nc1cc2c(Nc3cccc(Cl)c3F)ncnc2cc1C#C[C@@]12C[C@@H]1CN(C)C2. The average Bonchev–Trinajstić information content (AvgIpc) is 3.41. The molecule has 0 spiro atoms. The number of ether oxygens (including phenoxy) is 1. The smallest absolute Gasteiger partial charge is 0.248 e. The zero-order valence-electron chi connectivity index (χ0n) is 19.9. The number of fused-ring (bicyclic) bond motifs is 2. The van der Waals surface area contributed by atoms with Gasteiger partial charge in [-0.3, -0.25) is 4.79 Å². The van der Waals surface area contributed by atoms with Gasteiger partial charge in [-0.05, 0) is 43.7 Å². The molecule has 1 aromatic heterocycles. The summed E-state index contributed by atoms with van der Waals surface area (Å²) in [5, 5.41) is 6.51. The summed E-state index contributed by atoms with van der Waals surface area (Å²) in [6.07, 6.45) is 5.54. The van der Waals surface area contributed by atoms with Gasteiger partial charge in [0.1, 0.15) is 12.1 Å². The summed E-state index contributed by atoms with van der Waals surface area (Å²) in [4.78, 5) is 23.6. The van der Waals surface area contributed by atoms with Gasteiger partial charge in [-0.2, -0.15) is 0 Å². The first-order chi connectivity index (χ1) is 17.4. The molecule has 36 heavy (non-hydrogen) atoms. The van der Waals surface area contributed by atoms with Crippen molar-refractivity contribution in [1.29, 1.82) is 0 Å². The van der Waals surface area contributed by atoms with Gasteiger partial charge in [0.15, 0.2) is 5.82 Å². The lowest BCUT2D eigenvalue weighted by molar-refractivity contribution is -0.111. The Kier molecular flexibility index (Phi) is 6.63. The highest BCUT2D eigenvalue weighted by Crippen LogP contribution is 2.56. The third kappa shape index (κ3) is 4.91. The van der Waals surface area contributed by atoms with Crippen molar-refractivity contribution in [3.8, 4) is 11.8 Å². The third-order valence-corrected chi connectivity index (χ3v) is 6.82. The lowest BCUT2D eigenvalue weighted by Gasteiger charge is -2.13. The van der Waals surface area contributed by atoms with Crippen LogP contribution >= 0.6 is 11.6 Å². The predicted octanol–water partition coefficient (Wildman–Crippen LogP) is 4.61. The largest absolute Gasteiger partial charge is 0.381 e. The monoisotopic (exact) mass is 505 g/mol. The number of carbonyl (C=O) groups is 1. The Bertz CT molecular complexity index is 1430. The summed E-state index contributed by atoms with van der Waals surface area (Å²) < 4.78 is 19.5. The molecule has 9 heteroatoms. The van der Waals surface area contributed by atoms with Crippen LogP contribution in [0.25, 0.3) is 10.9 Å². The molecule has 2 fully saturated rings. The molecule has 7 nitrogen and oxygen atoms in total. The molecule has 2 aromatic carbocycles. The number of rotatable bonds is 6. The number of likely N-dealkylation sites (tertiary alicyclic amines) is 1. The maximum absolute atomic E-state index is 14.5. The molecular weight excluding hydrogens is 481 g/mol. The Morgan fingerprint density at radius 3 is 3.00 bits per heavy atom. The van der Waals surface area contributed by atoms with E-state index in [0.29, 0.717) is 40.5 Å². The minimum absolute atomic E-state index is 0.00188. The molecule has 1 saturated heterocycles.